The third-order valence-corrected chi connectivity index (χ3v) is 4.82. The van der Waals surface area contributed by atoms with Crippen molar-refractivity contribution in [1.29, 1.82) is 0 Å². The van der Waals surface area contributed by atoms with E-state index in [0.717, 1.165) is 25.7 Å². The van der Waals surface area contributed by atoms with Gasteiger partial charge in [-0.2, -0.15) is 13.2 Å². The van der Waals surface area contributed by atoms with Crippen LogP contribution in [0, 0.1) is 0 Å². The highest BCUT2D eigenvalue weighted by atomic mass is 32.2. The van der Waals surface area contributed by atoms with Crippen LogP contribution in [0.3, 0.4) is 0 Å². The second kappa shape index (κ2) is 12.2. The highest BCUT2D eigenvalue weighted by Gasteiger charge is 2.45. The van der Waals surface area contributed by atoms with Crippen molar-refractivity contribution in [3.8, 4) is 0 Å². The second-order valence-electron chi connectivity index (χ2n) is 5.73. The Labute approximate surface area is 133 Å². The van der Waals surface area contributed by atoms with Gasteiger partial charge < -0.3 is 0 Å². The fraction of sp³-hybridized carbons (Fsp3) is 1.00. The van der Waals surface area contributed by atoms with E-state index in [1.807, 2.05) is 0 Å². The second-order valence-corrected chi connectivity index (χ2v) is 7.49. The van der Waals surface area contributed by atoms with Gasteiger partial charge in [-0.15, -0.1) is 0 Å². The first-order chi connectivity index (χ1) is 10.3. The fourth-order valence-corrected chi connectivity index (χ4v) is 2.83. The van der Waals surface area contributed by atoms with Gasteiger partial charge in [-0.05, 0) is 6.42 Å². The Morgan fingerprint density at radius 2 is 1.09 bits per heavy atom. The summed E-state index contributed by atoms with van der Waals surface area (Å²) in [5.41, 5.74) is -5.20. The normalized spacial score (nSPS) is 12.7. The lowest BCUT2D eigenvalue weighted by Gasteiger charge is -2.09. The quantitative estimate of drug-likeness (QED) is 0.444. The van der Waals surface area contributed by atoms with Gasteiger partial charge in [0.25, 0.3) is 0 Å². The SMILES string of the molecule is CCCCCCCCCCCCCCNS(=O)(=O)C(F)(F)F. The minimum Gasteiger partial charge on any atom is -0.207 e. The number of unbranched alkanes of at least 4 members (excludes halogenated alkanes) is 11. The van der Waals surface area contributed by atoms with Crippen molar-refractivity contribution >= 4 is 10.0 Å². The van der Waals surface area contributed by atoms with E-state index in [2.05, 4.69) is 6.92 Å². The summed E-state index contributed by atoms with van der Waals surface area (Å²) >= 11 is 0. The molecule has 0 bridgehead atoms. The number of hydrogen-bond acceptors (Lipinski definition) is 2. The van der Waals surface area contributed by atoms with Gasteiger partial charge in [0.05, 0.1) is 0 Å². The number of alkyl halides is 3. The standard InChI is InChI=1S/C15H30F3NO2S/c1-2-3-4-5-6-7-8-9-10-11-12-13-14-19-22(20,21)15(16,17)18/h19H,2-14H2,1H3. The van der Waals surface area contributed by atoms with Crippen LogP contribution in [0.4, 0.5) is 13.2 Å². The van der Waals surface area contributed by atoms with Crippen LogP contribution in [0.1, 0.15) is 84.0 Å². The van der Waals surface area contributed by atoms with Crippen molar-refractivity contribution in [3.05, 3.63) is 0 Å². The molecular formula is C15H30F3NO2S. The first kappa shape index (κ1) is 21.7. The Morgan fingerprint density at radius 1 is 0.727 bits per heavy atom. The molecule has 0 aliphatic carbocycles. The largest absolute Gasteiger partial charge is 0.511 e. The van der Waals surface area contributed by atoms with Crippen LogP contribution in [0.25, 0.3) is 0 Å². The van der Waals surface area contributed by atoms with Gasteiger partial charge in [-0.1, -0.05) is 77.6 Å². The molecule has 0 unspecified atom stereocenters. The van der Waals surface area contributed by atoms with Crippen molar-refractivity contribution in [2.75, 3.05) is 6.54 Å². The average Bonchev–Trinajstić information content (AvgIpc) is 2.42. The van der Waals surface area contributed by atoms with E-state index in [1.165, 1.54) is 44.9 Å². The molecule has 0 radical (unpaired) electrons. The number of sulfonamides is 1. The van der Waals surface area contributed by atoms with Crippen LogP contribution in [-0.2, 0) is 10.0 Å². The van der Waals surface area contributed by atoms with Gasteiger partial charge >= 0.3 is 15.5 Å². The van der Waals surface area contributed by atoms with Crippen LogP contribution >= 0.6 is 0 Å². The predicted molar refractivity (Wildman–Crippen MR) is 84.1 cm³/mol. The molecule has 0 aromatic rings. The summed E-state index contributed by atoms with van der Waals surface area (Å²) in [5, 5.41) is 0. The first-order valence-electron chi connectivity index (χ1n) is 8.37. The molecule has 7 heteroatoms. The summed E-state index contributed by atoms with van der Waals surface area (Å²) < 4.78 is 59.1. The Balaban J connectivity index is 3.31. The molecular weight excluding hydrogens is 315 g/mol. The van der Waals surface area contributed by atoms with Crippen molar-refractivity contribution in [2.24, 2.45) is 0 Å². The summed E-state index contributed by atoms with van der Waals surface area (Å²) in [5.74, 6) is 0. The van der Waals surface area contributed by atoms with E-state index in [1.54, 1.807) is 4.72 Å². The van der Waals surface area contributed by atoms with Crippen molar-refractivity contribution in [3.63, 3.8) is 0 Å². The van der Waals surface area contributed by atoms with Gasteiger partial charge in [0.1, 0.15) is 0 Å². The summed E-state index contributed by atoms with van der Waals surface area (Å²) in [6.07, 6.45) is 13.4. The molecule has 0 spiro atoms. The van der Waals surface area contributed by atoms with Gasteiger partial charge in [0, 0.05) is 6.54 Å². The maximum absolute atomic E-state index is 12.0. The highest BCUT2D eigenvalue weighted by molar-refractivity contribution is 7.90. The highest BCUT2D eigenvalue weighted by Crippen LogP contribution is 2.21. The van der Waals surface area contributed by atoms with Crippen molar-refractivity contribution in [1.82, 2.24) is 4.72 Å². The molecule has 0 saturated carbocycles. The zero-order valence-corrected chi connectivity index (χ0v) is 14.4. The lowest BCUT2D eigenvalue weighted by Crippen LogP contribution is -2.36. The minimum absolute atomic E-state index is 0.140. The maximum Gasteiger partial charge on any atom is 0.511 e. The van der Waals surface area contributed by atoms with Crippen molar-refractivity contribution in [2.45, 2.75) is 89.5 Å². The molecule has 134 valence electrons. The molecule has 0 fully saturated rings. The van der Waals surface area contributed by atoms with Crippen LogP contribution in [-0.4, -0.2) is 20.5 Å². The van der Waals surface area contributed by atoms with Gasteiger partial charge in [-0.25, -0.2) is 13.1 Å². The number of nitrogens with one attached hydrogen (secondary N) is 1. The Hall–Kier alpha value is -0.300. The molecule has 22 heavy (non-hydrogen) atoms. The van der Waals surface area contributed by atoms with Crippen LogP contribution in [0.2, 0.25) is 0 Å². The van der Waals surface area contributed by atoms with Gasteiger partial charge in [0.15, 0.2) is 0 Å². The first-order valence-corrected chi connectivity index (χ1v) is 9.85. The van der Waals surface area contributed by atoms with Crippen LogP contribution in [0.5, 0.6) is 0 Å². The molecule has 0 atom stereocenters. The summed E-state index contributed by atoms with van der Waals surface area (Å²) in [6, 6.07) is 0. The van der Waals surface area contributed by atoms with E-state index in [4.69, 9.17) is 0 Å². The topological polar surface area (TPSA) is 46.2 Å². The number of hydrogen-bond donors (Lipinski definition) is 1. The molecule has 0 aliphatic heterocycles. The molecule has 3 nitrogen and oxygen atoms in total. The molecule has 0 heterocycles. The third-order valence-electron chi connectivity index (χ3n) is 3.63. The lowest BCUT2D eigenvalue weighted by atomic mass is 10.1. The number of rotatable bonds is 14. The third kappa shape index (κ3) is 11.3. The molecule has 0 amide bonds. The monoisotopic (exact) mass is 345 g/mol. The Kier molecular flexibility index (Phi) is 12.0. The molecule has 0 saturated heterocycles. The van der Waals surface area contributed by atoms with Crippen LogP contribution < -0.4 is 4.72 Å². The van der Waals surface area contributed by atoms with Crippen LogP contribution in [0.15, 0.2) is 0 Å². The van der Waals surface area contributed by atoms with E-state index in [9.17, 15) is 21.6 Å². The van der Waals surface area contributed by atoms with E-state index >= 15 is 0 Å². The molecule has 0 aliphatic rings. The summed E-state index contributed by atoms with van der Waals surface area (Å²) in [6.45, 7) is 2.06. The molecule has 0 aromatic carbocycles. The van der Waals surface area contributed by atoms with Gasteiger partial charge in [0.2, 0.25) is 0 Å². The zero-order valence-electron chi connectivity index (χ0n) is 13.6. The average molecular weight is 345 g/mol. The smallest absolute Gasteiger partial charge is 0.207 e. The zero-order chi connectivity index (χ0) is 16.9. The Morgan fingerprint density at radius 3 is 1.45 bits per heavy atom. The predicted octanol–water partition coefficient (Wildman–Crippen LogP) is 5.13. The lowest BCUT2D eigenvalue weighted by molar-refractivity contribution is -0.0447. The number of halogens is 3. The van der Waals surface area contributed by atoms with E-state index < -0.39 is 15.5 Å². The molecule has 1 N–H and O–H groups in total. The summed E-state index contributed by atoms with van der Waals surface area (Å²) in [4.78, 5) is 0. The molecule has 0 aromatic heterocycles. The van der Waals surface area contributed by atoms with E-state index in [-0.39, 0.29) is 6.54 Å². The van der Waals surface area contributed by atoms with Gasteiger partial charge in [-0.3, -0.25) is 0 Å². The summed E-state index contributed by atoms with van der Waals surface area (Å²) in [7, 11) is -5.16. The Bertz CT molecular complexity index is 356. The fourth-order valence-electron chi connectivity index (χ4n) is 2.25. The molecule has 0 rings (SSSR count). The van der Waals surface area contributed by atoms with E-state index in [0.29, 0.717) is 6.42 Å². The maximum atomic E-state index is 12.0. The minimum atomic E-state index is -5.20. The van der Waals surface area contributed by atoms with Crippen molar-refractivity contribution < 1.29 is 21.6 Å².